The van der Waals surface area contributed by atoms with Crippen molar-refractivity contribution in [2.75, 3.05) is 39.3 Å². The third kappa shape index (κ3) is 7.73. The second kappa shape index (κ2) is 10.6. The number of alkyl carbamates (subject to hydrolysis) is 1. The van der Waals surface area contributed by atoms with Gasteiger partial charge in [0.15, 0.2) is 0 Å². The van der Waals surface area contributed by atoms with Crippen molar-refractivity contribution in [3.8, 4) is 0 Å². The van der Waals surface area contributed by atoms with Crippen LogP contribution in [0.1, 0.15) is 37.6 Å². The van der Waals surface area contributed by atoms with Gasteiger partial charge < -0.3 is 25.2 Å². The fourth-order valence-corrected chi connectivity index (χ4v) is 2.91. The highest BCUT2D eigenvalue weighted by atomic mass is 16.6. The smallest absolute Gasteiger partial charge is 0.407 e. The number of ether oxygens (including phenoxy) is 1. The summed E-state index contributed by atoms with van der Waals surface area (Å²) in [6.45, 7) is 7.08. The molecule has 4 amide bonds. The first-order valence-electron chi connectivity index (χ1n) is 10.0. The van der Waals surface area contributed by atoms with Crippen LogP contribution in [0.2, 0.25) is 0 Å². The molecular formula is C21H30N4O5. The monoisotopic (exact) mass is 418 g/mol. The van der Waals surface area contributed by atoms with Gasteiger partial charge in [0.05, 0.1) is 6.54 Å². The molecule has 0 unspecified atom stereocenters. The minimum absolute atomic E-state index is 0.0819. The van der Waals surface area contributed by atoms with E-state index in [0.29, 0.717) is 31.7 Å². The average molecular weight is 418 g/mol. The molecule has 1 fully saturated rings. The molecule has 1 aromatic rings. The van der Waals surface area contributed by atoms with Gasteiger partial charge in [-0.2, -0.15) is 0 Å². The van der Waals surface area contributed by atoms with Crippen molar-refractivity contribution in [2.24, 2.45) is 0 Å². The Bertz CT molecular complexity index is 752. The van der Waals surface area contributed by atoms with Crippen molar-refractivity contribution >= 4 is 23.8 Å². The van der Waals surface area contributed by atoms with E-state index in [1.54, 1.807) is 54.8 Å². The highest BCUT2D eigenvalue weighted by Crippen LogP contribution is 2.07. The number of benzene rings is 1. The van der Waals surface area contributed by atoms with Gasteiger partial charge in [-0.25, -0.2) is 4.79 Å². The molecule has 1 aromatic carbocycles. The first-order valence-corrected chi connectivity index (χ1v) is 10.0. The molecule has 1 aliphatic rings. The second-order valence-corrected chi connectivity index (χ2v) is 7.99. The fraction of sp³-hybridized carbons (Fsp3) is 0.524. The van der Waals surface area contributed by atoms with Crippen LogP contribution in [0.4, 0.5) is 4.79 Å². The zero-order chi connectivity index (χ0) is 22.1. The molecule has 1 heterocycles. The minimum Gasteiger partial charge on any atom is -0.444 e. The molecule has 9 nitrogen and oxygen atoms in total. The Morgan fingerprint density at radius 3 is 2.03 bits per heavy atom. The number of amides is 4. The van der Waals surface area contributed by atoms with Crippen LogP contribution in [-0.2, 0) is 14.3 Å². The molecule has 9 heteroatoms. The molecule has 0 aromatic heterocycles. The Morgan fingerprint density at radius 1 is 0.900 bits per heavy atom. The van der Waals surface area contributed by atoms with Crippen LogP contribution < -0.4 is 10.6 Å². The predicted molar refractivity (Wildman–Crippen MR) is 111 cm³/mol. The number of carbonyl (C=O) groups excluding carboxylic acids is 4. The maximum Gasteiger partial charge on any atom is 0.407 e. The first kappa shape index (κ1) is 23.2. The van der Waals surface area contributed by atoms with Gasteiger partial charge in [-0.05, 0) is 32.9 Å². The molecule has 2 N–H and O–H groups in total. The van der Waals surface area contributed by atoms with Crippen molar-refractivity contribution in [2.45, 2.75) is 32.8 Å². The Hall–Kier alpha value is -3.10. The lowest BCUT2D eigenvalue weighted by Gasteiger charge is -2.35. The zero-order valence-corrected chi connectivity index (χ0v) is 17.8. The fourth-order valence-electron chi connectivity index (χ4n) is 2.91. The third-order valence-electron chi connectivity index (χ3n) is 4.43. The number of hydrogen-bond acceptors (Lipinski definition) is 5. The minimum atomic E-state index is -0.586. The number of hydrogen-bond donors (Lipinski definition) is 2. The number of nitrogens with one attached hydrogen (secondary N) is 2. The summed E-state index contributed by atoms with van der Waals surface area (Å²) in [7, 11) is 0. The topological polar surface area (TPSA) is 108 Å². The van der Waals surface area contributed by atoms with Gasteiger partial charge in [-0.3, -0.25) is 14.4 Å². The summed E-state index contributed by atoms with van der Waals surface area (Å²) in [5, 5.41) is 5.19. The summed E-state index contributed by atoms with van der Waals surface area (Å²) < 4.78 is 5.12. The van der Waals surface area contributed by atoms with E-state index in [4.69, 9.17) is 4.74 Å². The van der Waals surface area contributed by atoms with Crippen molar-refractivity contribution in [1.29, 1.82) is 0 Å². The van der Waals surface area contributed by atoms with E-state index in [-0.39, 0.29) is 37.2 Å². The van der Waals surface area contributed by atoms with Crippen molar-refractivity contribution in [3.63, 3.8) is 0 Å². The molecule has 0 radical (unpaired) electrons. The van der Waals surface area contributed by atoms with Crippen LogP contribution >= 0.6 is 0 Å². The van der Waals surface area contributed by atoms with Gasteiger partial charge in [0.2, 0.25) is 11.8 Å². The molecule has 1 saturated heterocycles. The number of nitrogens with zero attached hydrogens (tertiary/aromatic N) is 2. The number of piperazine rings is 1. The summed E-state index contributed by atoms with van der Waals surface area (Å²) >= 11 is 0. The van der Waals surface area contributed by atoms with E-state index in [1.165, 1.54) is 0 Å². The molecule has 0 spiro atoms. The summed E-state index contributed by atoms with van der Waals surface area (Å²) in [5.41, 5.74) is -0.0851. The Labute approximate surface area is 176 Å². The Balaban J connectivity index is 1.66. The lowest BCUT2D eigenvalue weighted by molar-refractivity contribution is -0.138. The van der Waals surface area contributed by atoms with Gasteiger partial charge in [-0.1, -0.05) is 18.2 Å². The summed E-state index contributed by atoms with van der Waals surface area (Å²) in [6, 6.07) is 8.70. The van der Waals surface area contributed by atoms with Crippen LogP contribution in [0, 0.1) is 0 Å². The average Bonchev–Trinajstić information content (AvgIpc) is 2.71. The van der Waals surface area contributed by atoms with Crippen molar-refractivity contribution in [3.05, 3.63) is 35.9 Å². The third-order valence-corrected chi connectivity index (χ3v) is 4.43. The van der Waals surface area contributed by atoms with E-state index in [9.17, 15) is 19.2 Å². The van der Waals surface area contributed by atoms with Crippen molar-refractivity contribution < 1.29 is 23.9 Å². The molecule has 0 aliphatic carbocycles. The normalized spacial score (nSPS) is 14.1. The largest absolute Gasteiger partial charge is 0.444 e. The quantitative estimate of drug-likeness (QED) is 0.717. The zero-order valence-electron chi connectivity index (χ0n) is 17.8. The summed E-state index contributed by atoms with van der Waals surface area (Å²) in [6.07, 6.45) is -0.386. The first-order chi connectivity index (χ1) is 14.2. The van der Waals surface area contributed by atoms with Crippen LogP contribution in [-0.4, -0.2) is 78.5 Å². The van der Waals surface area contributed by atoms with E-state index >= 15 is 0 Å². The maximum atomic E-state index is 12.3. The van der Waals surface area contributed by atoms with Gasteiger partial charge in [-0.15, -0.1) is 0 Å². The molecule has 0 atom stereocenters. The SMILES string of the molecule is CC(C)(C)OC(=O)NCCC(=O)N1CCN(C(=O)CNC(=O)c2ccccc2)CC1. The highest BCUT2D eigenvalue weighted by Gasteiger charge is 2.24. The molecule has 30 heavy (non-hydrogen) atoms. The molecule has 1 aliphatic heterocycles. The molecule has 2 rings (SSSR count). The lowest BCUT2D eigenvalue weighted by Crippen LogP contribution is -2.53. The van der Waals surface area contributed by atoms with Crippen molar-refractivity contribution in [1.82, 2.24) is 20.4 Å². The van der Waals surface area contributed by atoms with Gasteiger partial charge in [0.25, 0.3) is 5.91 Å². The highest BCUT2D eigenvalue weighted by molar-refractivity contribution is 5.96. The number of carbonyl (C=O) groups is 4. The van der Waals surface area contributed by atoms with Crippen LogP contribution in [0.15, 0.2) is 30.3 Å². The van der Waals surface area contributed by atoms with Crippen LogP contribution in [0.25, 0.3) is 0 Å². The summed E-state index contributed by atoms with van der Waals surface area (Å²) in [4.78, 5) is 51.5. The second-order valence-electron chi connectivity index (χ2n) is 7.99. The Kier molecular flexibility index (Phi) is 8.20. The Morgan fingerprint density at radius 2 is 1.47 bits per heavy atom. The van der Waals surface area contributed by atoms with Gasteiger partial charge in [0, 0.05) is 44.7 Å². The van der Waals surface area contributed by atoms with Crippen LogP contribution in [0.3, 0.4) is 0 Å². The lowest BCUT2D eigenvalue weighted by atomic mass is 10.2. The molecule has 0 saturated carbocycles. The van der Waals surface area contributed by atoms with Crippen LogP contribution in [0.5, 0.6) is 0 Å². The standard InChI is InChI=1S/C21H30N4O5/c1-21(2,3)30-20(29)22-10-9-17(26)24-11-13-25(14-12-24)18(27)15-23-19(28)16-7-5-4-6-8-16/h4-8H,9-15H2,1-3H3,(H,22,29)(H,23,28). The number of rotatable bonds is 6. The maximum absolute atomic E-state index is 12.3. The van der Waals surface area contributed by atoms with E-state index in [0.717, 1.165) is 0 Å². The predicted octanol–water partition coefficient (Wildman–Crippen LogP) is 1.00. The summed E-state index contributed by atoms with van der Waals surface area (Å²) in [5.74, 6) is -0.566. The van der Waals surface area contributed by atoms with E-state index < -0.39 is 11.7 Å². The molecule has 164 valence electrons. The van der Waals surface area contributed by atoms with Gasteiger partial charge in [0.1, 0.15) is 5.60 Å². The van der Waals surface area contributed by atoms with Gasteiger partial charge >= 0.3 is 6.09 Å². The van der Waals surface area contributed by atoms with E-state index in [2.05, 4.69) is 10.6 Å². The van der Waals surface area contributed by atoms with E-state index in [1.807, 2.05) is 6.07 Å². The molecule has 0 bridgehead atoms. The molecular weight excluding hydrogens is 388 g/mol.